The summed E-state index contributed by atoms with van der Waals surface area (Å²) in [5.74, 6) is 1.52. The number of nitrogens with one attached hydrogen (secondary N) is 1. The molecular formula is C16H27BrN2O2. The van der Waals surface area contributed by atoms with Gasteiger partial charge in [-0.3, -0.25) is 0 Å². The van der Waals surface area contributed by atoms with Crippen molar-refractivity contribution in [2.75, 3.05) is 34.4 Å². The van der Waals surface area contributed by atoms with E-state index in [0.717, 1.165) is 34.6 Å². The monoisotopic (exact) mass is 358 g/mol. The second kappa shape index (κ2) is 8.01. The summed E-state index contributed by atoms with van der Waals surface area (Å²) >= 11 is 3.55. The van der Waals surface area contributed by atoms with Crippen LogP contribution in [0.4, 0.5) is 0 Å². The standard InChI is InChI=1S/C16H27BrN2O2/c1-7-21-15-13(17)8-12(9-14(15)20-6)10-18-11-16(2,3)19(4)5/h8-9,18H,7,10-11H2,1-6H3. The van der Waals surface area contributed by atoms with Gasteiger partial charge in [-0.2, -0.15) is 0 Å². The summed E-state index contributed by atoms with van der Waals surface area (Å²) in [5, 5.41) is 3.49. The number of halogens is 1. The lowest BCUT2D eigenvalue weighted by Crippen LogP contribution is -2.46. The van der Waals surface area contributed by atoms with Crippen molar-refractivity contribution in [1.82, 2.24) is 10.2 Å². The zero-order valence-corrected chi connectivity index (χ0v) is 15.5. The molecule has 0 bridgehead atoms. The van der Waals surface area contributed by atoms with E-state index in [1.807, 2.05) is 13.0 Å². The first-order valence-electron chi connectivity index (χ1n) is 7.19. The predicted molar refractivity (Wildman–Crippen MR) is 91.3 cm³/mol. The van der Waals surface area contributed by atoms with Gasteiger partial charge in [0.15, 0.2) is 11.5 Å². The molecule has 1 N–H and O–H groups in total. The van der Waals surface area contributed by atoms with Gasteiger partial charge in [-0.1, -0.05) is 0 Å². The number of methoxy groups -OCH3 is 1. The van der Waals surface area contributed by atoms with E-state index in [0.29, 0.717) is 6.61 Å². The number of nitrogens with zero attached hydrogens (tertiary/aromatic N) is 1. The van der Waals surface area contributed by atoms with Gasteiger partial charge >= 0.3 is 0 Å². The van der Waals surface area contributed by atoms with Gasteiger partial charge in [0.05, 0.1) is 18.2 Å². The van der Waals surface area contributed by atoms with E-state index in [9.17, 15) is 0 Å². The number of benzene rings is 1. The third kappa shape index (κ3) is 5.16. The summed E-state index contributed by atoms with van der Waals surface area (Å²) in [6, 6.07) is 4.09. The van der Waals surface area contributed by atoms with Crippen molar-refractivity contribution < 1.29 is 9.47 Å². The van der Waals surface area contributed by atoms with Crippen LogP contribution in [0.25, 0.3) is 0 Å². The molecule has 0 atom stereocenters. The van der Waals surface area contributed by atoms with Crippen LogP contribution >= 0.6 is 15.9 Å². The van der Waals surface area contributed by atoms with Gasteiger partial charge in [-0.25, -0.2) is 0 Å². The van der Waals surface area contributed by atoms with Crippen LogP contribution in [0.15, 0.2) is 16.6 Å². The second-order valence-corrected chi connectivity index (χ2v) is 6.71. The van der Waals surface area contributed by atoms with Crippen molar-refractivity contribution in [3.05, 3.63) is 22.2 Å². The zero-order chi connectivity index (χ0) is 16.0. The van der Waals surface area contributed by atoms with Crippen LogP contribution in [-0.2, 0) is 6.54 Å². The summed E-state index contributed by atoms with van der Waals surface area (Å²) in [5.41, 5.74) is 1.28. The van der Waals surface area contributed by atoms with Crippen LogP contribution in [0.2, 0.25) is 0 Å². The summed E-state index contributed by atoms with van der Waals surface area (Å²) in [7, 11) is 5.85. The van der Waals surface area contributed by atoms with Gasteiger partial charge in [0, 0.05) is 18.6 Å². The molecule has 0 aliphatic carbocycles. The third-order valence-electron chi connectivity index (χ3n) is 3.68. The molecule has 0 spiro atoms. The molecule has 0 fully saturated rings. The molecule has 1 rings (SSSR count). The molecule has 0 unspecified atom stereocenters. The minimum absolute atomic E-state index is 0.118. The van der Waals surface area contributed by atoms with Crippen LogP contribution in [0.1, 0.15) is 26.3 Å². The van der Waals surface area contributed by atoms with E-state index < -0.39 is 0 Å². The van der Waals surface area contributed by atoms with Gasteiger partial charge in [-0.05, 0) is 68.5 Å². The molecule has 0 aromatic heterocycles. The number of likely N-dealkylation sites (N-methyl/N-ethyl adjacent to an activating group) is 1. The largest absolute Gasteiger partial charge is 0.493 e. The Morgan fingerprint density at radius 1 is 1.29 bits per heavy atom. The van der Waals surface area contributed by atoms with Gasteiger partial charge in [0.1, 0.15) is 0 Å². The highest BCUT2D eigenvalue weighted by molar-refractivity contribution is 9.10. The van der Waals surface area contributed by atoms with Gasteiger partial charge in [0.25, 0.3) is 0 Å². The molecule has 0 amide bonds. The molecule has 21 heavy (non-hydrogen) atoms. The first kappa shape index (κ1) is 18.3. The lowest BCUT2D eigenvalue weighted by molar-refractivity contribution is 0.189. The van der Waals surface area contributed by atoms with E-state index in [2.05, 4.69) is 60.2 Å². The molecule has 1 aromatic carbocycles. The van der Waals surface area contributed by atoms with E-state index >= 15 is 0 Å². The van der Waals surface area contributed by atoms with E-state index in [1.165, 1.54) is 0 Å². The molecule has 0 radical (unpaired) electrons. The maximum absolute atomic E-state index is 5.60. The second-order valence-electron chi connectivity index (χ2n) is 5.85. The Balaban J connectivity index is 2.75. The molecule has 0 saturated carbocycles. The fourth-order valence-electron chi connectivity index (χ4n) is 1.83. The summed E-state index contributed by atoms with van der Waals surface area (Å²) in [6.07, 6.45) is 0. The highest BCUT2D eigenvalue weighted by atomic mass is 79.9. The maximum Gasteiger partial charge on any atom is 0.175 e. The zero-order valence-electron chi connectivity index (χ0n) is 13.9. The number of hydrogen-bond donors (Lipinski definition) is 1. The molecule has 120 valence electrons. The molecule has 0 saturated heterocycles. The van der Waals surface area contributed by atoms with Crippen molar-refractivity contribution in [1.29, 1.82) is 0 Å². The average Bonchev–Trinajstić information content (AvgIpc) is 2.41. The minimum Gasteiger partial charge on any atom is -0.493 e. The van der Waals surface area contributed by atoms with Crippen molar-refractivity contribution in [2.24, 2.45) is 0 Å². The van der Waals surface area contributed by atoms with Crippen molar-refractivity contribution in [3.63, 3.8) is 0 Å². The number of hydrogen-bond acceptors (Lipinski definition) is 4. The lowest BCUT2D eigenvalue weighted by atomic mass is 10.0. The van der Waals surface area contributed by atoms with E-state index in [1.54, 1.807) is 7.11 Å². The highest BCUT2D eigenvalue weighted by Crippen LogP contribution is 2.36. The molecule has 1 aromatic rings. The van der Waals surface area contributed by atoms with Crippen molar-refractivity contribution in [3.8, 4) is 11.5 Å². The lowest BCUT2D eigenvalue weighted by Gasteiger charge is -2.32. The van der Waals surface area contributed by atoms with Crippen LogP contribution in [0, 0.1) is 0 Å². The van der Waals surface area contributed by atoms with Gasteiger partial charge in [-0.15, -0.1) is 0 Å². The molecule has 4 nitrogen and oxygen atoms in total. The fraction of sp³-hybridized carbons (Fsp3) is 0.625. The van der Waals surface area contributed by atoms with Gasteiger partial charge in [0.2, 0.25) is 0 Å². The Morgan fingerprint density at radius 3 is 2.48 bits per heavy atom. The smallest absolute Gasteiger partial charge is 0.175 e. The normalized spacial score (nSPS) is 11.8. The first-order valence-corrected chi connectivity index (χ1v) is 7.98. The Morgan fingerprint density at radius 2 is 1.95 bits per heavy atom. The molecular weight excluding hydrogens is 332 g/mol. The first-order chi connectivity index (χ1) is 9.81. The van der Waals surface area contributed by atoms with E-state index in [4.69, 9.17) is 9.47 Å². The van der Waals surface area contributed by atoms with E-state index in [-0.39, 0.29) is 5.54 Å². The Hall–Kier alpha value is -0.780. The van der Waals surface area contributed by atoms with Crippen molar-refractivity contribution in [2.45, 2.75) is 32.9 Å². The number of ether oxygens (including phenoxy) is 2. The molecule has 0 aliphatic heterocycles. The SMILES string of the molecule is CCOc1c(Br)cc(CNCC(C)(C)N(C)C)cc1OC. The Kier molecular flexibility index (Phi) is 6.97. The minimum atomic E-state index is 0.118. The highest BCUT2D eigenvalue weighted by Gasteiger charge is 2.19. The summed E-state index contributed by atoms with van der Waals surface area (Å²) < 4.78 is 11.9. The van der Waals surface area contributed by atoms with Crippen LogP contribution < -0.4 is 14.8 Å². The molecule has 0 aliphatic rings. The molecule has 5 heteroatoms. The van der Waals surface area contributed by atoms with Crippen LogP contribution in [0.5, 0.6) is 11.5 Å². The third-order valence-corrected chi connectivity index (χ3v) is 4.26. The molecule has 0 heterocycles. The van der Waals surface area contributed by atoms with Crippen LogP contribution in [0.3, 0.4) is 0 Å². The average molecular weight is 359 g/mol. The predicted octanol–water partition coefficient (Wildman–Crippen LogP) is 3.29. The quantitative estimate of drug-likeness (QED) is 0.772. The van der Waals surface area contributed by atoms with Crippen molar-refractivity contribution >= 4 is 15.9 Å². The summed E-state index contributed by atoms with van der Waals surface area (Å²) in [6.45, 7) is 8.71. The summed E-state index contributed by atoms with van der Waals surface area (Å²) in [4.78, 5) is 2.22. The Bertz CT molecular complexity index is 462. The Labute approximate surface area is 136 Å². The topological polar surface area (TPSA) is 33.7 Å². The van der Waals surface area contributed by atoms with Crippen LogP contribution in [-0.4, -0.2) is 44.8 Å². The fourth-order valence-corrected chi connectivity index (χ4v) is 2.43. The van der Waals surface area contributed by atoms with Gasteiger partial charge < -0.3 is 19.7 Å². The maximum atomic E-state index is 5.60. The number of rotatable bonds is 8.